The quantitative estimate of drug-likeness (QED) is 0.752. The van der Waals surface area contributed by atoms with Gasteiger partial charge in [0.05, 0.1) is 4.90 Å². The molecule has 0 fully saturated rings. The number of hydrogen-bond acceptors (Lipinski definition) is 4. The maximum atomic E-state index is 13.0. The van der Waals surface area contributed by atoms with E-state index in [1.54, 1.807) is 14.1 Å². The highest BCUT2D eigenvalue weighted by Gasteiger charge is 2.28. The second-order valence-electron chi connectivity index (χ2n) is 7.43. The van der Waals surface area contributed by atoms with Crippen molar-refractivity contribution in [2.45, 2.75) is 64.2 Å². The first kappa shape index (κ1) is 21.4. The maximum Gasteiger partial charge on any atom is 0.343 e. The molecule has 0 atom stereocenters. The molecule has 1 rings (SSSR count). The highest BCUT2D eigenvalue weighted by atomic mass is 32.2. The number of amides is 2. The summed E-state index contributed by atoms with van der Waals surface area (Å²) in [5, 5.41) is 1.39. The van der Waals surface area contributed by atoms with E-state index < -0.39 is 16.1 Å². The number of nitrogens with one attached hydrogen (secondary N) is 2. The normalized spacial score (nSPS) is 12.3. The average molecular weight is 370 g/mol. The van der Waals surface area contributed by atoms with Crippen molar-refractivity contribution in [2.24, 2.45) is 0 Å². The number of urea groups is 1. The van der Waals surface area contributed by atoms with Gasteiger partial charge in [-0.25, -0.2) is 22.9 Å². The van der Waals surface area contributed by atoms with Crippen molar-refractivity contribution in [2.75, 3.05) is 14.1 Å². The Morgan fingerprint density at radius 1 is 0.920 bits per heavy atom. The van der Waals surface area contributed by atoms with E-state index in [0.717, 1.165) is 16.7 Å². The van der Waals surface area contributed by atoms with E-state index in [1.165, 1.54) is 5.01 Å². The monoisotopic (exact) mass is 369 g/mol. The molecule has 0 unspecified atom stereocenters. The van der Waals surface area contributed by atoms with E-state index in [2.05, 4.69) is 24.0 Å². The summed E-state index contributed by atoms with van der Waals surface area (Å²) < 4.78 is 28.1. The molecule has 0 radical (unpaired) electrons. The zero-order chi connectivity index (χ0) is 19.5. The smallest absolute Gasteiger partial charge is 0.270 e. The Hall–Kier alpha value is -1.60. The number of sulfonamides is 1. The Morgan fingerprint density at radius 3 is 1.68 bits per heavy atom. The van der Waals surface area contributed by atoms with E-state index in [-0.39, 0.29) is 22.6 Å². The van der Waals surface area contributed by atoms with Crippen LogP contribution in [0.4, 0.5) is 4.79 Å². The third-order valence-corrected chi connectivity index (χ3v) is 5.36. The molecular formula is C18H31N3O3S. The number of carbonyl (C=O) groups is 1. The molecule has 1 aromatic carbocycles. The number of benzene rings is 1. The van der Waals surface area contributed by atoms with Crippen LogP contribution in [0, 0.1) is 0 Å². The Labute approximate surface area is 152 Å². The predicted molar refractivity (Wildman–Crippen MR) is 101 cm³/mol. The van der Waals surface area contributed by atoms with Crippen molar-refractivity contribution in [1.82, 2.24) is 15.2 Å². The molecule has 0 saturated carbocycles. The zero-order valence-corrected chi connectivity index (χ0v) is 17.3. The summed E-state index contributed by atoms with van der Waals surface area (Å²) in [5.74, 6) is 0.316. The molecule has 6 nitrogen and oxygen atoms in total. The van der Waals surface area contributed by atoms with Gasteiger partial charge in [0.25, 0.3) is 10.0 Å². The van der Waals surface area contributed by atoms with Gasteiger partial charge in [0.15, 0.2) is 0 Å². The summed E-state index contributed by atoms with van der Waals surface area (Å²) in [5.41, 5.74) is 4.97. The standard InChI is InChI=1S/C18H31N3O3S/c1-11(2)14-9-15(12(3)4)17(16(10-14)13(5)6)25(23,24)20-18(22)19-21(7)8/h9-13H,1-8H3,(H2,19,20,22). The van der Waals surface area contributed by atoms with Crippen LogP contribution in [0.5, 0.6) is 0 Å². The van der Waals surface area contributed by atoms with Crippen molar-refractivity contribution in [3.8, 4) is 0 Å². The van der Waals surface area contributed by atoms with Gasteiger partial charge in [-0.2, -0.15) is 0 Å². The van der Waals surface area contributed by atoms with Gasteiger partial charge in [-0.05, 0) is 34.4 Å². The molecule has 0 heterocycles. The van der Waals surface area contributed by atoms with Crippen LogP contribution in [-0.4, -0.2) is 33.6 Å². The van der Waals surface area contributed by atoms with Crippen molar-refractivity contribution >= 4 is 16.1 Å². The molecule has 2 N–H and O–H groups in total. The van der Waals surface area contributed by atoms with Crippen LogP contribution in [-0.2, 0) is 10.0 Å². The summed E-state index contributed by atoms with van der Waals surface area (Å²) in [6.45, 7) is 12.0. The van der Waals surface area contributed by atoms with Gasteiger partial charge in [-0.15, -0.1) is 0 Å². The second-order valence-corrected chi connectivity index (χ2v) is 9.05. The third kappa shape index (κ3) is 5.44. The Morgan fingerprint density at radius 2 is 1.36 bits per heavy atom. The summed E-state index contributed by atoms with van der Waals surface area (Å²) in [6, 6.07) is 3.11. The Kier molecular flexibility index (Phi) is 7.02. The van der Waals surface area contributed by atoms with Crippen LogP contribution in [0.15, 0.2) is 17.0 Å². The predicted octanol–water partition coefficient (Wildman–Crippen LogP) is 3.52. The minimum Gasteiger partial charge on any atom is -0.270 e. The molecule has 0 aromatic heterocycles. The van der Waals surface area contributed by atoms with Crippen LogP contribution in [0.1, 0.15) is 76.0 Å². The molecule has 0 aliphatic carbocycles. The first-order valence-electron chi connectivity index (χ1n) is 8.55. The third-order valence-electron chi connectivity index (χ3n) is 3.90. The lowest BCUT2D eigenvalue weighted by atomic mass is 9.89. The fourth-order valence-corrected chi connectivity index (χ4v) is 4.20. The summed E-state index contributed by atoms with van der Waals surface area (Å²) >= 11 is 0. The molecular weight excluding hydrogens is 338 g/mol. The maximum absolute atomic E-state index is 13.0. The number of rotatable bonds is 6. The van der Waals surface area contributed by atoms with Gasteiger partial charge in [0, 0.05) is 14.1 Å². The molecule has 7 heteroatoms. The van der Waals surface area contributed by atoms with Crippen molar-refractivity contribution in [1.29, 1.82) is 0 Å². The highest BCUT2D eigenvalue weighted by Crippen LogP contribution is 2.34. The number of carbonyl (C=O) groups excluding carboxylic acids is 1. The van der Waals surface area contributed by atoms with Crippen LogP contribution in [0.25, 0.3) is 0 Å². The van der Waals surface area contributed by atoms with Crippen LogP contribution in [0.3, 0.4) is 0 Å². The lowest BCUT2D eigenvalue weighted by Gasteiger charge is -2.23. The molecule has 0 bridgehead atoms. The lowest BCUT2D eigenvalue weighted by Crippen LogP contribution is -2.45. The van der Waals surface area contributed by atoms with Gasteiger partial charge in [0.1, 0.15) is 0 Å². The average Bonchev–Trinajstić information content (AvgIpc) is 2.43. The SMILES string of the molecule is CC(C)c1cc(C(C)C)c(S(=O)(=O)NC(=O)NN(C)C)c(C(C)C)c1. The topological polar surface area (TPSA) is 78.5 Å². The number of nitrogens with zero attached hydrogens (tertiary/aromatic N) is 1. The van der Waals surface area contributed by atoms with Gasteiger partial charge in [-0.3, -0.25) is 5.43 Å². The first-order valence-corrected chi connectivity index (χ1v) is 10.0. The van der Waals surface area contributed by atoms with Gasteiger partial charge in [0.2, 0.25) is 0 Å². The zero-order valence-electron chi connectivity index (χ0n) is 16.5. The highest BCUT2D eigenvalue weighted by molar-refractivity contribution is 7.90. The molecule has 142 valence electrons. The van der Waals surface area contributed by atoms with Crippen molar-refractivity contribution in [3.05, 3.63) is 28.8 Å². The number of hydrazine groups is 1. The molecule has 0 spiro atoms. The van der Waals surface area contributed by atoms with Crippen molar-refractivity contribution in [3.63, 3.8) is 0 Å². The van der Waals surface area contributed by atoms with E-state index in [4.69, 9.17) is 0 Å². The summed E-state index contributed by atoms with van der Waals surface area (Å²) in [7, 11) is -0.760. The first-order chi connectivity index (χ1) is 11.4. The second kappa shape index (κ2) is 8.19. The van der Waals surface area contributed by atoms with Gasteiger partial charge in [-0.1, -0.05) is 53.7 Å². The van der Waals surface area contributed by atoms with Crippen molar-refractivity contribution < 1.29 is 13.2 Å². The molecule has 25 heavy (non-hydrogen) atoms. The summed E-state index contributed by atoms with van der Waals surface area (Å²) in [6.07, 6.45) is 0. The Bertz CT molecular complexity index is 694. The van der Waals surface area contributed by atoms with Gasteiger partial charge < -0.3 is 0 Å². The van der Waals surface area contributed by atoms with Gasteiger partial charge >= 0.3 is 6.03 Å². The Balaban J connectivity index is 3.57. The molecule has 2 amide bonds. The molecule has 0 aliphatic heterocycles. The lowest BCUT2D eigenvalue weighted by molar-refractivity contribution is 0.217. The fraction of sp³-hybridized carbons (Fsp3) is 0.611. The molecule has 0 aliphatic rings. The van der Waals surface area contributed by atoms with Crippen LogP contribution in [0.2, 0.25) is 0 Å². The fourth-order valence-electron chi connectivity index (χ4n) is 2.60. The minimum absolute atomic E-state index is 0.0136. The van der Waals surface area contributed by atoms with E-state index in [1.807, 2.05) is 39.8 Å². The number of hydrogen-bond donors (Lipinski definition) is 2. The summed E-state index contributed by atoms with van der Waals surface area (Å²) in [4.78, 5) is 12.2. The van der Waals surface area contributed by atoms with Crippen LogP contribution >= 0.6 is 0 Å². The van der Waals surface area contributed by atoms with E-state index >= 15 is 0 Å². The van der Waals surface area contributed by atoms with E-state index in [0.29, 0.717) is 0 Å². The van der Waals surface area contributed by atoms with E-state index in [9.17, 15) is 13.2 Å². The molecule has 1 aromatic rings. The minimum atomic E-state index is -3.99. The molecule has 0 saturated heterocycles. The largest absolute Gasteiger partial charge is 0.343 e. The van der Waals surface area contributed by atoms with Crippen LogP contribution < -0.4 is 10.1 Å².